The van der Waals surface area contributed by atoms with Crippen LogP contribution in [-0.4, -0.2) is 34.8 Å². The third kappa shape index (κ3) is 5.11. The molecule has 7 nitrogen and oxygen atoms in total. The van der Waals surface area contributed by atoms with Gasteiger partial charge in [-0.2, -0.15) is 0 Å². The van der Waals surface area contributed by atoms with Crippen molar-refractivity contribution in [1.29, 1.82) is 0 Å². The zero-order valence-corrected chi connectivity index (χ0v) is 20.8. The van der Waals surface area contributed by atoms with Crippen molar-refractivity contribution in [2.45, 2.75) is 6.54 Å². The van der Waals surface area contributed by atoms with Gasteiger partial charge >= 0.3 is 0 Å². The van der Waals surface area contributed by atoms with Crippen LogP contribution < -0.4 is 19.1 Å². The van der Waals surface area contributed by atoms with E-state index in [4.69, 9.17) is 9.47 Å². The summed E-state index contributed by atoms with van der Waals surface area (Å²) in [6, 6.07) is 21.7. The molecule has 4 aromatic carbocycles. The molecule has 0 atom stereocenters. The molecule has 0 saturated carbocycles. The lowest BCUT2D eigenvalue weighted by atomic mass is 10.1. The number of rotatable bonds is 8. The van der Waals surface area contributed by atoms with Gasteiger partial charge in [0.25, 0.3) is 5.91 Å². The Kier molecular flexibility index (Phi) is 7.12. The lowest BCUT2D eigenvalue weighted by molar-refractivity contribution is 0.102. The Labute approximate surface area is 209 Å². The summed E-state index contributed by atoms with van der Waals surface area (Å²) in [7, 11) is -1.13. The number of fused-ring (bicyclic) bond motifs is 1. The van der Waals surface area contributed by atoms with E-state index in [2.05, 4.69) is 5.32 Å². The van der Waals surface area contributed by atoms with Gasteiger partial charge in [0.15, 0.2) is 11.5 Å². The van der Waals surface area contributed by atoms with Crippen LogP contribution in [0.25, 0.3) is 10.8 Å². The highest BCUT2D eigenvalue weighted by molar-refractivity contribution is 7.92. The standard InChI is InChI=1S/C27H25FN2O5S/c1-34-25-15-21(27(31)29-23-14-8-11-18-9-4-6-12-20(18)23)24(16-26(25)35-2)30(36(3,32)33)17-19-10-5-7-13-22(19)28/h4-16H,17H2,1-3H3,(H,29,31). The fourth-order valence-electron chi connectivity index (χ4n) is 3.94. The molecule has 0 heterocycles. The van der Waals surface area contributed by atoms with Crippen LogP contribution in [0.2, 0.25) is 0 Å². The van der Waals surface area contributed by atoms with E-state index in [0.717, 1.165) is 21.3 Å². The number of halogens is 1. The minimum absolute atomic E-state index is 0.0161. The number of benzene rings is 4. The predicted molar refractivity (Wildman–Crippen MR) is 139 cm³/mol. The lowest BCUT2D eigenvalue weighted by Crippen LogP contribution is -2.32. The van der Waals surface area contributed by atoms with Crippen LogP contribution >= 0.6 is 0 Å². The molecule has 0 aromatic heterocycles. The molecule has 0 radical (unpaired) electrons. The fraction of sp³-hybridized carbons (Fsp3) is 0.148. The van der Waals surface area contributed by atoms with E-state index in [-0.39, 0.29) is 34.9 Å². The Morgan fingerprint density at radius 2 is 1.56 bits per heavy atom. The Hall–Kier alpha value is -4.11. The van der Waals surface area contributed by atoms with Gasteiger partial charge in [-0.05, 0) is 23.6 Å². The second kappa shape index (κ2) is 10.2. The second-order valence-corrected chi connectivity index (χ2v) is 9.97. The summed E-state index contributed by atoms with van der Waals surface area (Å²) >= 11 is 0. The number of anilines is 2. The van der Waals surface area contributed by atoms with Gasteiger partial charge < -0.3 is 14.8 Å². The van der Waals surface area contributed by atoms with Gasteiger partial charge in [0, 0.05) is 22.7 Å². The molecule has 0 unspecified atom stereocenters. The summed E-state index contributed by atoms with van der Waals surface area (Å²) in [6.07, 6.45) is 0.997. The van der Waals surface area contributed by atoms with Gasteiger partial charge in [0.1, 0.15) is 5.82 Å². The second-order valence-electron chi connectivity index (χ2n) is 8.07. The molecule has 4 rings (SSSR count). The minimum Gasteiger partial charge on any atom is -0.493 e. The van der Waals surface area contributed by atoms with Crippen LogP contribution in [0.4, 0.5) is 15.8 Å². The molecule has 1 N–H and O–H groups in total. The van der Waals surface area contributed by atoms with Crippen molar-refractivity contribution >= 4 is 38.1 Å². The molecule has 4 aromatic rings. The van der Waals surface area contributed by atoms with E-state index in [1.165, 1.54) is 44.6 Å². The molecule has 0 fully saturated rings. The van der Waals surface area contributed by atoms with Crippen molar-refractivity contribution in [2.24, 2.45) is 0 Å². The number of hydrogen-bond donors (Lipinski definition) is 1. The maximum atomic E-state index is 14.5. The van der Waals surface area contributed by atoms with Crippen molar-refractivity contribution in [2.75, 3.05) is 30.1 Å². The first-order valence-corrected chi connectivity index (χ1v) is 12.8. The molecular weight excluding hydrogens is 483 g/mol. The topological polar surface area (TPSA) is 84.9 Å². The summed E-state index contributed by atoms with van der Waals surface area (Å²) in [5.74, 6) is -0.669. The Bertz CT molecular complexity index is 1530. The number of carbonyl (C=O) groups excluding carboxylic acids is 1. The highest BCUT2D eigenvalue weighted by Gasteiger charge is 2.27. The van der Waals surface area contributed by atoms with E-state index < -0.39 is 21.7 Å². The molecule has 36 heavy (non-hydrogen) atoms. The number of nitrogens with zero attached hydrogens (tertiary/aromatic N) is 1. The van der Waals surface area contributed by atoms with E-state index in [1.54, 1.807) is 12.1 Å². The zero-order valence-electron chi connectivity index (χ0n) is 20.0. The summed E-state index contributed by atoms with van der Waals surface area (Å²) in [5.41, 5.74) is 0.746. The fourth-order valence-corrected chi connectivity index (χ4v) is 4.82. The summed E-state index contributed by atoms with van der Waals surface area (Å²) in [4.78, 5) is 13.6. The van der Waals surface area contributed by atoms with Crippen molar-refractivity contribution in [3.8, 4) is 11.5 Å². The first kappa shape index (κ1) is 25.0. The van der Waals surface area contributed by atoms with E-state index in [1.807, 2.05) is 36.4 Å². The Morgan fingerprint density at radius 3 is 2.25 bits per heavy atom. The van der Waals surface area contributed by atoms with E-state index in [9.17, 15) is 17.6 Å². The Balaban J connectivity index is 1.85. The van der Waals surface area contributed by atoms with Crippen LogP contribution in [0.3, 0.4) is 0 Å². The van der Waals surface area contributed by atoms with Crippen LogP contribution in [0.15, 0.2) is 78.9 Å². The molecule has 0 aliphatic carbocycles. The maximum Gasteiger partial charge on any atom is 0.257 e. The third-order valence-electron chi connectivity index (χ3n) is 5.73. The summed E-state index contributed by atoms with van der Waals surface area (Å²) in [6.45, 7) is -0.324. The average Bonchev–Trinajstić information content (AvgIpc) is 2.87. The van der Waals surface area contributed by atoms with E-state index in [0.29, 0.717) is 5.69 Å². The number of sulfonamides is 1. The van der Waals surface area contributed by atoms with Crippen molar-refractivity contribution in [3.63, 3.8) is 0 Å². The molecule has 186 valence electrons. The highest BCUT2D eigenvalue weighted by atomic mass is 32.2. The van der Waals surface area contributed by atoms with Crippen molar-refractivity contribution in [1.82, 2.24) is 0 Å². The van der Waals surface area contributed by atoms with Crippen LogP contribution in [0.5, 0.6) is 11.5 Å². The van der Waals surface area contributed by atoms with Crippen molar-refractivity contribution < 1.29 is 27.1 Å². The summed E-state index contributed by atoms with van der Waals surface area (Å²) < 4.78 is 52.0. The van der Waals surface area contributed by atoms with Gasteiger partial charge in [-0.3, -0.25) is 9.10 Å². The van der Waals surface area contributed by atoms with E-state index >= 15 is 0 Å². The number of hydrogen-bond acceptors (Lipinski definition) is 5. The molecular formula is C27H25FN2O5S. The number of nitrogens with one attached hydrogen (secondary N) is 1. The molecule has 0 spiro atoms. The molecule has 0 aliphatic heterocycles. The van der Waals surface area contributed by atoms with Gasteiger partial charge in [0.05, 0.1) is 38.3 Å². The monoisotopic (exact) mass is 508 g/mol. The van der Waals surface area contributed by atoms with Gasteiger partial charge in [-0.1, -0.05) is 54.6 Å². The van der Waals surface area contributed by atoms with Crippen LogP contribution in [0.1, 0.15) is 15.9 Å². The first-order chi connectivity index (χ1) is 17.2. The Morgan fingerprint density at radius 1 is 0.917 bits per heavy atom. The normalized spacial score (nSPS) is 11.2. The van der Waals surface area contributed by atoms with Gasteiger partial charge in [-0.25, -0.2) is 12.8 Å². The SMILES string of the molecule is COc1cc(C(=O)Nc2cccc3ccccc23)c(N(Cc2ccccc2F)S(C)(=O)=O)cc1OC. The average molecular weight is 509 g/mol. The largest absolute Gasteiger partial charge is 0.493 e. The zero-order chi connectivity index (χ0) is 25.9. The van der Waals surface area contributed by atoms with Crippen LogP contribution in [-0.2, 0) is 16.6 Å². The maximum absolute atomic E-state index is 14.5. The molecule has 0 aliphatic rings. The molecule has 0 saturated heterocycles. The van der Waals surface area contributed by atoms with Gasteiger partial charge in [0.2, 0.25) is 10.0 Å². The quantitative estimate of drug-likeness (QED) is 0.353. The highest BCUT2D eigenvalue weighted by Crippen LogP contribution is 2.37. The number of ether oxygens (including phenoxy) is 2. The lowest BCUT2D eigenvalue weighted by Gasteiger charge is -2.26. The number of carbonyl (C=O) groups is 1. The first-order valence-electron chi connectivity index (χ1n) is 11.0. The molecule has 1 amide bonds. The van der Waals surface area contributed by atoms with Crippen molar-refractivity contribution in [3.05, 3.63) is 95.8 Å². The number of methoxy groups -OCH3 is 2. The number of amides is 1. The van der Waals surface area contributed by atoms with Crippen LogP contribution in [0, 0.1) is 5.82 Å². The summed E-state index contributed by atoms with van der Waals surface area (Å²) in [5, 5.41) is 4.63. The molecule has 0 bridgehead atoms. The third-order valence-corrected chi connectivity index (χ3v) is 6.85. The molecule has 9 heteroatoms. The van der Waals surface area contributed by atoms with Gasteiger partial charge in [-0.15, -0.1) is 0 Å². The predicted octanol–water partition coefficient (Wildman–Crippen LogP) is 5.21. The minimum atomic E-state index is -3.95. The smallest absolute Gasteiger partial charge is 0.257 e.